The number of nitrogens with zero attached hydrogens (tertiary/aromatic N) is 5. The van der Waals surface area contributed by atoms with E-state index in [0.717, 1.165) is 81.2 Å². The number of hydrogen-bond donors (Lipinski definition) is 1. The Bertz CT molecular complexity index is 787. The van der Waals surface area contributed by atoms with Crippen molar-refractivity contribution in [2.24, 2.45) is 0 Å². The zero-order chi connectivity index (χ0) is 17.2. The Labute approximate surface area is 147 Å². The van der Waals surface area contributed by atoms with Crippen molar-refractivity contribution in [3.05, 3.63) is 45.1 Å². The Morgan fingerprint density at radius 2 is 1.88 bits per heavy atom. The lowest BCUT2D eigenvalue weighted by Crippen LogP contribution is -2.47. The highest BCUT2D eigenvalue weighted by Gasteiger charge is 2.19. The fourth-order valence-corrected chi connectivity index (χ4v) is 3.79. The molecule has 0 spiro atoms. The summed E-state index contributed by atoms with van der Waals surface area (Å²) in [7, 11) is 0. The maximum Gasteiger partial charge on any atom is 0.267 e. The van der Waals surface area contributed by atoms with Crippen LogP contribution in [0, 0.1) is 6.92 Å². The Morgan fingerprint density at radius 3 is 2.64 bits per heavy atom. The second-order valence-corrected chi connectivity index (χ2v) is 7.19. The van der Waals surface area contributed by atoms with Gasteiger partial charge < -0.3 is 0 Å². The van der Waals surface area contributed by atoms with Crippen LogP contribution in [-0.2, 0) is 25.9 Å². The smallest absolute Gasteiger partial charge is 0.267 e. The lowest BCUT2D eigenvalue weighted by Gasteiger charge is -2.34. The van der Waals surface area contributed by atoms with E-state index in [0.29, 0.717) is 6.54 Å². The van der Waals surface area contributed by atoms with E-state index in [9.17, 15) is 4.79 Å². The lowest BCUT2D eigenvalue weighted by molar-refractivity contribution is 0.121. The van der Waals surface area contributed by atoms with Gasteiger partial charge in [0.25, 0.3) is 5.56 Å². The highest BCUT2D eigenvalue weighted by molar-refractivity contribution is 5.22. The summed E-state index contributed by atoms with van der Waals surface area (Å²) in [6.45, 7) is 8.65. The third-order valence-corrected chi connectivity index (χ3v) is 5.26. The molecule has 0 bridgehead atoms. The SMILES string of the molecule is Cc1cc(CN2CCN(CCn3nc4c(cc3=O)CCC4)CC2)n[nH]1. The third-order valence-electron chi connectivity index (χ3n) is 5.26. The van der Waals surface area contributed by atoms with Gasteiger partial charge in [-0.1, -0.05) is 0 Å². The first kappa shape index (κ1) is 16.5. The fourth-order valence-electron chi connectivity index (χ4n) is 3.79. The number of aromatic nitrogens is 4. The average Bonchev–Trinajstić information content (AvgIpc) is 3.22. The number of nitrogens with one attached hydrogen (secondary N) is 1. The molecule has 2 aromatic heterocycles. The molecule has 2 aliphatic rings. The molecule has 1 aliphatic carbocycles. The molecule has 0 atom stereocenters. The van der Waals surface area contributed by atoms with Gasteiger partial charge in [0.05, 0.1) is 17.9 Å². The Balaban J connectivity index is 1.27. The van der Waals surface area contributed by atoms with Crippen molar-refractivity contribution < 1.29 is 0 Å². The highest BCUT2D eigenvalue weighted by Crippen LogP contribution is 2.17. The molecule has 0 amide bonds. The fraction of sp³-hybridized carbons (Fsp3) is 0.611. The number of fused-ring (bicyclic) bond motifs is 1. The number of hydrogen-bond acceptors (Lipinski definition) is 5. The molecule has 1 N–H and O–H groups in total. The van der Waals surface area contributed by atoms with Crippen LogP contribution < -0.4 is 5.56 Å². The van der Waals surface area contributed by atoms with Gasteiger partial charge in [-0.25, -0.2) is 4.68 Å². The Morgan fingerprint density at radius 1 is 1.08 bits per heavy atom. The predicted molar refractivity (Wildman–Crippen MR) is 95.6 cm³/mol. The molecule has 3 heterocycles. The van der Waals surface area contributed by atoms with Crippen LogP contribution in [0.5, 0.6) is 0 Å². The second-order valence-electron chi connectivity index (χ2n) is 7.19. The van der Waals surface area contributed by atoms with E-state index >= 15 is 0 Å². The van der Waals surface area contributed by atoms with Gasteiger partial charge in [-0.05, 0) is 37.8 Å². The molecule has 0 unspecified atom stereocenters. The van der Waals surface area contributed by atoms with E-state index in [2.05, 4.69) is 31.2 Å². The first-order valence-electron chi connectivity index (χ1n) is 9.23. The van der Waals surface area contributed by atoms with Crippen molar-refractivity contribution in [2.75, 3.05) is 32.7 Å². The summed E-state index contributed by atoms with van der Waals surface area (Å²) in [5, 5.41) is 11.9. The molecule has 7 heteroatoms. The van der Waals surface area contributed by atoms with Crippen LogP contribution in [0.15, 0.2) is 16.9 Å². The second kappa shape index (κ2) is 7.09. The molecular weight excluding hydrogens is 316 g/mol. The van der Waals surface area contributed by atoms with Crippen molar-refractivity contribution in [3.63, 3.8) is 0 Å². The monoisotopic (exact) mass is 342 g/mol. The van der Waals surface area contributed by atoms with E-state index in [-0.39, 0.29) is 5.56 Å². The van der Waals surface area contributed by atoms with Gasteiger partial charge in [0, 0.05) is 51.0 Å². The van der Waals surface area contributed by atoms with Crippen LogP contribution in [0.1, 0.15) is 29.1 Å². The zero-order valence-corrected chi connectivity index (χ0v) is 14.9. The maximum absolute atomic E-state index is 12.2. The van der Waals surface area contributed by atoms with E-state index in [1.165, 1.54) is 0 Å². The van der Waals surface area contributed by atoms with Crippen molar-refractivity contribution in [3.8, 4) is 0 Å². The number of aryl methyl sites for hydroxylation is 3. The lowest BCUT2D eigenvalue weighted by atomic mass is 10.2. The first-order chi connectivity index (χ1) is 12.2. The Hall–Kier alpha value is -1.99. The molecule has 4 rings (SSSR count). The number of aromatic amines is 1. The van der Waals surface area contributed by atoms with Crippen LogP contribution >= 0.6 is 0 Å². The zero-order valence-electron chi connectivity index (χ0n) is 14.9. The first-order valence-corrected chi connectivity index (χ1v) is 9.23. The summed E-state index contributed by atoms with van der Waals surface area (Å²) in [5.74, 6) is 0. The van der Waals surface area contributed by atoms with E-state index in [1.807, 2.05) is 6.92 Å². The number of rotatable bonds is 5. The van der Waals surface area contributed by atoms with Gasteiger partial charge in [0.2, 0.25) is 0 Å². The highest BCUT2D eigenvalue weighted by atomic mass is 16.1. The Kier molecular flexibility index (Phi) is 4.67. The summed E-state index contributed by atoms with van der Waals surface area (Å²) < 4.78 is 1.66. The number of H-pyrrole nitrogens is 1. The minimum absolute atomic E-state index is 0.0492. The summed E-state index contributed by atoms with van der Waals surface area (Å²) in [4.78, 5) is 17.0. The molecule has 25 heavy (non-hydrogen) atoms. The molecule has 1 fully saturated rings. The van der Waals surface area contributed by atoms with Crippen molar-refractivity contribution in [2.45, 2.75) is 39.3 Å². The van der Waals surface area contributed by atoms with E-state index in [4.69, 9.17) is 0 Å². The minimum atomic E-state index is 0.0492. The largest absolute Gasteiger partial charge is 0.299 e. The third kappa shape index (κ3) is 3.82. The molecule has 134 valence electrons. The van der Waals surface area contributed by atoms with Crippen molar-refractivity contribution >= 4 is 0 Å². The summed E-state index contributed by atoms with van der Waals surface area (Å²) >= 11 is 0. The van der Waals surface area contributed by atoms with Gasteiger partial charge in [0.15, 0.2) is 0 Å². The summed E-state index contributed by atoms with van der Waals surface area (Å²) in [6.07, 6.45) is 3.15. The molecule has 0 saturated carbocycles. The quantitative estimate of drug-likeness (QED) is 0.861. The minimum Gasteiger partial charge on any atom is -0.299 e. The molecule has 7 nitrogen and oxygen atoms in total. The van der Waals surface area contributed by atoms with Crippen LogP contribution in [-0.4, -0.2) is 62.5 Å². The normalized spacial score (nSPS) is 18.6. The van der Waals surface area contributed by atoms with Gasteiger partial charge in [-0.3, -0.25) is 19.7 Å². The molecular formula is C18H26N6O. The van der Waals surface area contributed by atoms with Crippen molar-refractivity contribution in [1.29, 1.82) is 0 Å². The van der Waals surface area contributed by atoms with Gasteiger partial charge in [0.1, 0.15) is 0 Å². The van der Waals surface area contributed by atoms with Crippen LogP contribution in [0.25, 0.3) is 0 Å². The van der Waals surface area contributed by atoms with Gasteiger partial charge >= 0.3 is 0 Å². The summed E-state index contributed by atoms with van der Waals surface area (Å²) in [5.41, 5.74) is 4.55. The van der Waals surface area contributed by atoms with E-state index in [1.54, 1.807) is 10.7 Å². The van der Waals surface area contributed by atoms with Gasteiger partial charge in [-0.15, -0.1) is 0 Å². The van der Waals surface area contributed by atoms with Gasteiger partial charge in [-0.2, -0.15) is 10.2 Å². The van der Waals surface area contributed by atoms with Crippen LogP contribution in [0.3, 0.4) is 0 Å². The summed E-state index contributed by atoms with van der Waals surface area (Å²) in [6, 6.07) is 3.90. The average molecular weight is 342 g/mol. The van der Waals surface area contributed by atoms with Crippen LogP contribution in [0.4, 0.5) is 0 Å². The molecule has 0 aromatic carbocycles. The molecule has 2 aromatic rings. The maximum atomic E-state index is 12.2. The van der Waals surface area contributed by atoms with Crippen molar-refractivity contribution in [1.82, 2.24) is 29.8 Å². The molecule has 1 aliphatic heterocycles. The standard InChI is InChI=1S/C18H26N6O/c1-14-11-16(20-19-14)13-23-7-5-22(6-8-23)9-10-24-18(25)12-15-3-2-4-17(15)21-24/h11-12H,2-10,13H2,1H3,(H,19,20). The number of piperazine rings is 1. The van der Waals surface area contributed by atoms with E-state index < -0.39 is 0 Å². The topological polar surface area (TPSA) is 70.1 Å². The van der Waals surface area contributed by atoms with Crippen LogP contribution in [0.2, 0.25) is 0 Å². The molecule has 1 saturated heterocycles. The predicted octanol–water partition coefficient (Wildman–Crippen LogP) is 0.581. The molecule has 0 radical (unpaired) electrons.